The van der Waals surface area contributed by atoms with E-state index in [0.29, 0.717) is 18.2 Å². The maximum absolute atomic E-state index is 13.1. The molecule has 1 aromatic carbocycles. The molecule has 9 heteroatoms. The van der Waals surface area contributed by atoms with Crippen LogP contribution in [0.5, 0.6) is 0 Å². The third kappa shape index (κ3) is 4.37. The van der Waals surface area contributed by atoms with Gasteiger partial charge in [0, 0.05) is 30.7 Å². The van der Waals surface area contributed by atoms with E-state index in [2.05, 4.69) is 22.2 Å². The molecule has 1 aliphatic rings. The molecular formula is C20H26Cl2N6O. The van der Waals surface area contributed by atoms with E-state index < -0.39 is 0 Å². The van der Waals surface area contributed by atoms with Crippen LogP contribution in [0.15, 0.2) is 36.5 Å². The minimum absolute atomic E-state index is 0. The summed E-state index contributed by atoms with van der Waals surface area (Å²) in [6.07, 6.45) is 3.70. The van der Waals surface area contributed by atoms with E-state index >= 15 is 0 Å². The Kier molecular flexibility index (Phi) is 7.57. The molecule has 0 aliphatic carbocycles. The molecule has 0 bridgehead atoms. The summed E-state index contributed by atoms with van der Waals surface area (Å²) < 4.78 is 1.71. The Morgan fingerprint density at radius 2 is 2.07 bits per heavy atom. The van der Waals surface area contributed by atoms with Crippen LogP contribution in [0.4, 0.5) is 0 Å². The summed E-state index contributed by atoms with van der Waals surface area (Å²) in [6, 6.07) is 9.87. The fraction of sp³-hybridized carbons (Fsp3) is 0.400. The molecular weight excluding hydrogens is 411 g/mol. The Bertz CT molecular complexity index is 992. The molecule has 2 aromatic heterocycles. The molecule has 0 saturated carbocycles. The first-order valence-electron chi connectivity index (χ1n) is 9.37. The van der Waals surface area contributed by atoms with Crippen LogP contribution in [0.3, 0.4) is 0 Å². The van der Waals surface area contributed by atoms with E-state index in [-0.39, 0.29) is 36.8 Å². The van der Waals surface area contributed by atoms with Crippen molar-refractivity contribution in [2.75, 3.05) is 13.1 Å². The summed E-state index contributed by atoms with van der Waals surface area (Å²) >= 11 is 0. The van der Waals surface area contributed by atoms with Gasteiger partial charge in [0.2, 0.25) is 0 Å². The molecule has 1 amide bonds. The van der Waals surface area contributed by atoms with Crippen LogP contribution in [0.2, 0.25) is 0 Å². The van der Waals surface area contributed by atoms with Crippen LogP contribution >= 0.6 is 24.8 Å². The normalized spacial score (nSPS) is 18.8. The van der Waals surface area contributed by atoms with Gasteiger partial charge in [0.1, 0.15) is 0 Å². The lowest BCUT2D eigenvalue weighted by atomic mass is 9.92. The smallest absolute Gasteiger partial charge is 0.276 e. The summed E-state index contributed by atoms with van der Waals surface area (Å²) in [7, 11) is 0. The second-order valence-electron chi connectivity index (χ2n) is 7.33. The average Bonchev–Trinajstić information content (AvgIpc) is 3.08. The van der Waals surface area contributed by atoms with Crippen molar-refractivity contribution >= 4 is 41.6 Å². The molecule has 1 saturated heterocycles. The molecule has 2 unspecified atom stereocenters. The maximum atomic E-state index is 13.1. The Hall–Kier alpha value is -2.22. The zero-order valence-corrected chi connectivity index (χ0v) is 18.1. The summed E-state index contributed by atoms with van der Waals surface area (Å²) in [5.74, 6) is 0.508. The number of hydrogen-bond acceptors (Lipinski definition) is 5. The highest BCUT2D eigenvalue weighted by molar-refractivity contribution is 5.93. The Morgan fingerprint density at radius 3 is 2.83 bits per heavy atom. The van der Waals surface area contributed by atoms with Crippen LogP contribution in [-0.4, -0.2) is 49.9 Å². The highest BCUT2D eigenvalue weighted by atomic mass is 35.5. The number of likely N-dealkylation sites (tertiary alicyclic amines) is 1. The SMILES string of the molecule is Cc1c(C(=O)N2CCC(C)CC2CN)nnn1-c1ccc2ncccc2c1.Cl.Cl. The number of nitrogens with zero attached hydrogens (tertiary/aromatic N) is 5. The van der Waals surface area contributed by atoms with E-state index in [0.717, 1.165) is 41.7 Å². The van der Waals surface area contributed by atoms with Crippen molar-refractivity contribution in [3.8, 4) is 5.69 Å². The van der Waals surface area contributed by atoms with Gasteiger partial charge in [0.15, 0.2) is 5.69 Å². The number of pyridine rings is 1. The molecule has 4 rings (SSSR count). The lowest BCUT2D eigenvalue weighted by Crippen LogP contribution is -2.49. The molecule has 29 heavy (non-hydrogen) atoms. The van der Waals surface area contributed by atoms with E-state index in [1.807, 2.05) is 42.2 Å². The number of amides is 1. The summed E-state index contributed by atoms with van der Waals surface area (Å²) in [4.78, 5) is 19.3. The fourth-order valence-electron chi connectivity index (χ4n) is 3.85. The minimum atomic E-state index is -0.0800. The van der Waals surface area contributed by atoms with Gasteiger partial charge in [-0.1, -0.05) is 18.2 Å². The summed E-state index contributed by atoms with van der Waals surface area (Å²) in [6.45, 7) is 5.28. The number of rotatable bonds is 3. The van der Waals surface area contributed by atoms with Crippen LogP contribution in [0.25, 0.3) is 16.6 Å². The van der Waals surface area contributed by atoms with E-state index in [4.69, 9.17) is 5.73 Å². The van der Waals surface area contributed by atoms with Crippen LogP contribution in [0, 0.1) is 12.8 Å². The molecule has 156 valence electrons. The van der Waals surface area contributed by atoms with E-state index in [1.165, 1.54) is 0 Å². The number of benzene rings is 1. The van der Waals surface area contributed by atoms with E-state index in [9.17, 15) is 4.79 Å². The number of piperidine rings is 1. The lowest BCUT2D eigenvalue weighted by Gasteiger charge is -2.37. The van der Waals surface area contributed by atoms with Crippen LogP contribution < -0.4 is 5.73 Å². The highest BCUT2D eigenvalue weighted by Crippen LogP contribution is 2.25. The molecule has 2 atom stereocenters. The average molecular weight is 437 g/mol. The minimum Gasteiger partial charge on any atom is -0.333 e. The van der Waals surface area contributed by atoms with Crippen molar-refractivity contribution in [1.82, 2.24) is 24.9 Å². The van der Waals surface area contributed by atoms with Crippen molar-refractivity contribution < 1.29 is 4.79 Å². The number of halogens is 2. The monoisotopic (exact) mass is 436 g/mol. The predicted molar refractivity (Wildman–Crippen MR) is 118 cm³/mol. The van der Waals surface area contributed by atoms with Gasteiger partial charge in [-0.3, -0.25) is 9.78 Å². The van der Waals surface area contributed by atoms with Crippen molar-refractivity contribution in [1.29, 1.82) is 0 Å². The third-order valence-electron chi connectivity index (χ3n) is 5.44. The third-order valence-corrected chi connectivity index (χ3v) is 5.44. The van der Waals surface area contributed by atoms with Crippen LogP contribution in [0.1, 0.15) is 35.9 Å². The fourth-order valence-corrected chi connectivity index (χ4v) is 3.85. The zero-order chi connectivity index (χ0) is 19.0. The van der Waals surface area contributed by atoms with Gasteiger partial charge in [-0.15, -0.1) is 29.9 Å². The topological polar surface area (TPSA) is 89.9 Å². The van der Waals surface area contributed by atoms with Gasteiger partial charge < -0.3 is 10.6 Å². The number of fused-ring (bicyclic) bond motifs is 1. The summed E-state index contributed by atoms with van der Waals surface area (Å²) in [5, 5.41) is 9.46. The Morgan fingerprint density at radius 1 is 1.28 bits per heavy atom. The van der Waals surface area contributed by atoms with Gasteiger partial charge in [-0.25, -0.2) is 4.68 Å². The zero-order valence-electron chi connectivity index (χ0n) is 16.5. The van der Waals surface area contributed by atoms with Crippen molar-refractivity contribution in [3.63, 3.8) is 0 Å². The van der Waals surface area contributed by atoms with Crippen molar-refractivity contribution in [2.45, 2.75) is 32.7 Å². The number of carbonyl (C=O) groups is 1. The molecule has 1 fully saturated rings. The molecule has 1 aliphatic heterocycles. The Balaban J connectivity index is 0.00000150. The number of hydrogen-bond donors (Lipinski definition) is 1. The number of nitrogens with two attached hydrogens (primary N) is 1. The second kappa shape index (κ2) is 9.52. The van der Waals surface area contributed by atoms with Crippen molar-refractivity contribution in [2.24, 2.45) is 11.7 Å². The standard InChI is InChI=1S/C20H24N6O.2ClH/c1-13-7-9-25(17(10-13)12-21)20(27)19-14(2)26(24-23-19)16-5-6-18-15(11-16)4-3-8-22-18;;/h3-6,8,11,13,17H,7,9-10,12,21H2,1-2H3;2*1H. The number of carbonyl (C=O) groups excluding carboxylic acids is 1. The first-order valence-corrected chi connectivity index (χ1v) is 9.37. The maximum Gasteiger partial charge on any atom is 0.276 e. The van der Waals surface area contributed by atoms with Gasteiger partial charge in [-0.05, 0) is 49.9 Å². The molecule has 3 aromatic rings. The van der Waals surface area contributed by atoms with Gasteiger partial charge in [-0.2, -0.15) is 0 Å². The molecule has 7 nitrogen and oxygen atoms in total. The second-order valence-corrected chi connectivity index (χ2v) is 7.33. The highest BCUT2D eigenvalue weighted by Gasteiger charge is 2.32. The molecule has 2 N–H and O–H groups in total. The van der Waals surface area contributed by atoms with Crippen molar-refractivity contribution in [3.05, 3.63) is 47.9 Å². The Labute approximate surface area is 182 Å². The molecule has 3 heterocycles. The van der Waals surface area contributed by atoms with Gasteiger partial charge >= 0.3 is 0 Å². The first kappa shape index (κ1) is 23.1. The first-order chi connectivity index (χ1) is 13.1. The quantitative estimate of drug-likeness (QED) is 0.680. The lowest BCUT2D eigenvalue weighted by molar-refractivity contribution is 0.0566. The molecule has 0 spiro atoms. The number of aromatic nitrogens is 4. The van der Waals surface area contributed by atoms with E-state index in [1.54, 1.807) is 10.9 Å². The summed E-state index contributed by atoms with van der Waals surface area (Å²) in [5.41, 5.74) is 8.83. The predicted octanol–water partition coefficient (Wildman–Crippen LogP) is 3.17. The largest absolute Gasteiger partial charge is 0.333 e. The van der Waals surface area contributed by atoms with Gasteiger partial charge in [0.05, 0.1) is 16.9 Å². The molecule has 0 radical (unpaired) electrons. The van der Waals surface area contributed by atoms with Gasteiger partial charge in [0.25, 0.3) is 5.91 Å². The van der Waals surface area contributed by atoms with Crippen LogP contribution in [-0.2, 0) is 0 Å².